The second-order valence-electron chi connectivity index (χ2n) is 7.55. The van der Waals surface area contributed by atoms with E-state index in [9.17, 15) is 14.7 Å². The Kier molecular flexibility index (Phi) is 7.17. The molecule has 0 aliphatic rings. The Hall–Kier alpha value is -3.90. The van der Waals surface area contributed by atoms with Gasteiger partial charge >= 0.3 is 5.97 Å². The lowest BCUT2D eigenvalue weighted by molar-refractivity contribution is -0.139. The van der Waals surface area contributed by atoms with E-state index in [0.717, 1.165) is 28.0 Å². The molecular weight excluding hydrogens is 434 g/mol. The van der Waals surface area contributed by atoms with Gasteiger partial charge in [-0.3, -0.25) is 4.79 Å². The van der Waals surface area contributed by atoms with E-state index >= 15 is 0 Å². The van der Waals surface area contributed by atoms with Crippen molar-refractivity contribution >= 4 is 23.2 Å². The number of aliphatic carboxylic acids is 1. The van der Waals surface area contributed by atoms with Gasteiger partial charge in [0, 0.05) is 6.42 Å². The van der Waals surface area contributed by atoms with Crippen molar-refractivity contribution in [3.05, 3.63) is 112 Å². The molecule has 33 heavy (non-hydrogen) atoms. The molecule has 0 saturated heterocycles. The SMILES string of the molecule is O=C(NC(Cc1ccccc1)C(=O)O)c1cc(-c2ccc(OCc3ccccc3)cc2)cs1. The largest absolute Gasteiger partial charge is 0.489 e. The summed E-state index contributed by atoms with van der Waals surface area (Å²) in [6.07, 6.45) is 0.227. The van der Waals surface area contributed by atoms with Gasteiger partial charge in [0.05, 0.1) is 4.88 Å². The second kappa shape index (κ2) is 10.6. The Labute approximate surface area is 196 Å². The predicted octanol–water partition coefficient (Wildman–Crippen LogP) is 5.42. The van der Waals surface area contributed by atoms with E-state index in [1.807, 2.05) is 90.3 Å². The highest BCUT2D eigenvalue weighted by molar-refractivity contribution is 7.12. The van der Waals surface area contributed by atoms with Gasteiger partial charge in [-0.05, 0) is 45.8 Å². The van der Waals surface area contributed by atoms with Crippen LogP contribution in [0.2, 0.25) is 0 Å². The molecule has 0 spiro atoms. The van der Waals surface area contributed by atoms with Crippen molar-refractivity contribution in [1.29, 1.82) is 0 Å². The van der Waals surface area contributed by atoms with Gasteiger partial charge in [0.25, 0.3) is 5.91 Å². The van der Waals surface area contributed by atoms with Crippen LogP contribution in [0.25, 0.3) is 11.1 Å². The molecule has 6 heteroatoms. The van der Waals surface area contributed by atoms with E-state index in [2.05, 4.69) is 5.32 Å². The second-order valence-corrected chi connectivity index (χ2v) is 8.46. The topological polar surface area (TPSA) is 75.6 Å². The van der Waals surface area contributed by atoms with Crippen molar-refractivity contribution in [2.24, 2.45) is 0 Å². The van der Waals surface area contributed by atoms with Crippen molar-refractivity contribution < 1.29 is 19.4 Å². The van der Waals surface area contributed by atoms with Gasteiger partial charge in [0.2, 0.25) is 0 Å². The molecule has 0 fully saturated rings. The van der Waals surface area contributed by atoms with Crippen molar-refractivity contribution in [2.75, 3.05) is 0 Å². The molecule has 0 aliphatic carbocycles. The molecule has 0 bridgehead atoms. The summed E-state index contributed by atoms with van der Waals surface area (Å²) in [6.45, 7) is 0.497. The fraction of sp³-hybridized carbons (Fsp3) is 0.111. The van der Waals surface area contributed by atoms with Gasteiger partial charge in [0.1, 0.15) is 18.4 Å². The first-order valence-electron chi connectivity index (χ1n) is 10.5. The number of carboxylic acid groups (broad SMARTS) is 1. The highest BCUT2D eigenvalue weighted by atomic mass is 32.1. The van der Waals surface area contributed by atoms with Gasteiger partial charge in [-0.1, -0.05) is 72.8 Å². The zero-order valence-electron chi connectivity index (χ0n) is 17.8. The first kappa shape index (κ1) is 22.3. The summed E-state index contributed by atoms with van der Waals surface area (Å²) in [5, 5.41) is 14.1. The molecular formula is C27H23NO4S. The van der Waals surface area contributed by atoms with Crippen LogP contribution in [0, 0.1) is 0 Å². The van der Waals surface area contributed by atoms with Crippen molar-refractivity contribution in [1.82, 2.24) is 5.32 Å². The molecule has 4 rings (SSSR count). The number of ether oxygens (including phenoxy) is 1. The molecule has 0 saturated carbocycles. The zero-order valence-corrected chi connectivity index (χ0v) is 18.6. The third-order valence-electron chi connectivity index (χ3n) is 5.15. The van der Waals surface area contributed by atoms with Crippen LogP contribution in [0.1, 0.15) is 20.8 Å². The number of nitrogens with one attached hydrogen (secondary N) is 1. The van der Waals surface area contributed by atoms with Crippen LogP contribution in [-0.2, 0) is 17.8 Å². The van der Waals surface area contributed by atoms with E-state index in [1.54, 1.807) is 6.07 Å². The summed E-state index contributed by atoms with van der Waals surface area (Å²) < 4.78 is 5.82. The molecule has 5 nitrogen and oxygen atoms in total. The number of hydrogen-bond donors (Lipinski definition) is 2. The van der Waals surface area contributed by atoms with Crippen molar-refractivity contribution in [2.45, 2.75) is 19.1 Å². The average molecular weight is 458 g/mol. The number of carbonyl (C=O) groups excluding carboxylic acids is 1. The summed E-state index contributed by atoms with van der Waals surface area (Å²) in [4.78, 5) is 24.8. The van der Waals surface area contributed by atoms with Crippen LogP contribution < -0.4 is 10.1 Å². The Morgan fingerprint density at radius 3 is 2.12 bits per heavy atom. The molecule has 1 unspecified atom stereocenters. The van der Waals surface area contributed by atoms with Crippen molar-refractivity contribution in [3.63, 3.8) is 0 Å². The number of rotatable bonds is 9. The Bertz CT molecular complexity index is 1200. The van der Waals surface area contributed by atoms with E-state index in [4.69, 9.17) is 4.74 Å². The quantitative estimate of drug-likeness (QED) is 0.352. The minimum absolute atomic E-state index is 0.227. The van der Waals surface area contributed by atoms with Gasteiger partial charge in [-0.15, -0.1) is 11.3 Å². The van der Waals surface area contributed by atoms with Crippen LogP contribution in [0.15, 0.2) is 96.4 Å². The average Bonchev–Trinajstić information content (AvgIpc) is 3.34. The maximum absolute atomic E-state index is 12.7. The molecule has 1 heterocycles. The smallest absolute Gasteiger partial charge is 0.326 e. The highest BCUT2D eigenvalue weighted by Crippen LogP contribution is 2.27. The molecule has 4 aromatic rings. The molecule has 2 N–H and O–H groups in total. The lowest BCUT2D eigenvalue weighted by atomic mass is 10.1. The Morgan fingerprint density at radius 2 is 1.48 bits per heavy atom. The van der Waals surface area contributed by atoms with E-state index < -0.39 is 17.9 Å². The van der Waals surface area contributed by atoms with E-state index in [0.29, 0.717) is 11.5 Å². The number of hydrogen-bond acceptors (Lipinski definition) is 4. The van der Waals surface area contributed by atoms with Crippen LogP contribution in [0.3, 0.4) is 0 Å². The molecule has 3 aromatic carbocycles. The zero-order chi connectivity index (χ0) is 23.0. The van der Waals surface area contributed by atoms with Gasteiger partial charge in [-0.2, -0.15) is 0 Å². The summed E-state index contributed by atoms with van der Waals surface area (Å²) in [5.41, 5.74) is 3.81. The Morgan fingerprint density at radius 1 is 0.848 bits per heavy atom. The third-order valence-corrected chi connectivity index (χ3v) is 6.07. The molecule has 0 aliphatic heterocycles. The highest BCUT2D eigenvalue weighted by Gasteiger charge is 2.22. The predicted molar refractivity (Wildman–Crippen MR) is 130 cm³/mol. The summed E-state index contributed by atoms with van der Waals surface area (Å²) in [7, 11) is 0. The molecule has 166 valence electrons. The number of amides is 1. The number of benzene rings is 3. The lowest BCUT2D eigenvalue weighted by Crippen LogP contribution is -2.42. The van der Waals surface area contributed by atoms with Gasteiger partial charge in [-0.25, -0.2) is 4.79 Å². The molecule has 1 aromatic heterocycles. The monoisotopic (exact) mass is 457 g/mol. The third kappa shape index (κ3) is 6.08. The Balaban J connectivity index is 1.38. The summed E-state index contributed by atoms with van der Waals surface area (Å²) in [6, 6.07) is 27.7. The molecule has 1 amide bonds. The maximum atomic E-state index is 12.7. The van der Waals surface area contributed by atoms with Gasteiger partial charge in [0.15, 0.2) is 0 Å². The summed E-state index contributed by atoms with van der Waals surface area (Å²) in [5.74, 6) is -0.687. The number of carboxylic acids is 1. The van der Waals surface area contributed by atoms with E-state index in [1.165, 1.54) is 11.3 Å². The normalized spacial score (nSPS) is 11.5. The number of thiophene rings is 1. The van der Waals surface area contributed by atoms with Crippen LogP contribution in [0.4, 0.5) is 0 Å². The first-order chi connectivity index (χ1) is 16.1. The fourth-order valence-electron chi connectivity index (χ4n) is 3.37. The minimum atomic E-state index is -1.06. The van der Waals surface area contributed by atoms with Crippen LogP contribution in [-0.4, -0.2) is 23.0 Å². The van der Waals surface area contributed by atoms with Crippen LogP contribution in [0.5, 0.6) is 5.75 Å². The minimum Gasteiger partial charge on any atom is -0.489 e. The summed E-state index contributed by atoms with van der Waals surface area (Å²) >= 11 is 1.29. The van der Waals surface area contributed by atoms with Gasteiger partial charge < -0.3 is 15.2 Å². The number of carbonyl (C=O) groups is 2. The maximum Gasteiger partial charge on any atom is 0.326 e. The standard InChI is InChI=1S/C27H23NO4S/c29-26(28-24(27(30)31)15-19-7-3-1-4-8-19)25-16-22(18-33-25)21-11-13-23(14-12-21)32-17-20-9-5-2-6-10-20/h1-14,16,18,24H,15,17H2,(H,28,29)(H,30,31). The molecule has 0 radical (unpaired) electrons. The van der Waals surface area contributed by atoms with E-state index in [-0.39, 0.29) is 6.42 Å². The van der Waals surface area contributed by atoms with Crippen LogP contribution >= 0.6 is 11.3 Å². The molecule has 1 atom stereocenters. The lowest BCUT2D eigenvalue weighted by Gasteiger charge is -2.14. The fourth-order valence-corrected chi connectivity index (χ4v) is 4.19. The van der Waals surface area contributed by atoms with Crippen molar-refractivity contribution in [3.8, 4) is 16.9 Å². The first-order valence-corrected chi connectivity index (χ1v) is 11.4.